The smallest absolute Gasteiger partial charge is 0.247 e. The SMILES string of the molecule is Cc1ccccc1C(=O)c1csc(S(N)(=O)=O)c1. The number of thiophene rings is 1. The summed E-state index contributed by atoms with van der Waals surface area (Å²) in [5.74, 6) is -0.195. The maximum Gasteiger partial charge on any atom is 0.247 e. The first-order chi connectivity index (χ1) is 8.39. The highest BCUT2D eigenvalue weighted by molar-refractivity contribution is 7.91. The molecule has 0 bridgehead atoms. The molecule has 2 aromatic rings. The molecule has 4 nitrogen and oxygen atoms in total. The lowest BCUT2D eigenvalue weighted by Gasteiger charge is -2.02. The summed E-state index contributed by atoms with van der Waals surface area (Å²) < 4.78 is 22.3. The molecule has 0 unspecified atom stereocenters. The number of aryl methyl sites for hydroxylation is 1. The lowest BCUT2D eigenvalue weighted by atomic mass is 10.0. The van der Waals surface area contributed by atoms with Crippen LogP contribution in [0.3, 0.4) is 0 Å². The Hall–Kier alpha value is -1.50. The van der Waals surface area contributed by atoms with Gasteiger partial charge in [0, 0.05) is 16.5 Å². The van der Waals surface area contributed by atoms with E-state index >= 15 is 0 Å². The van der Waals surface area contributed by atoms with E-state index in [0.29, 0.717) is 11.1 Å². The molecule has 2 rings (SSSR count). The third-order valence-corrected chi connectivity index (χ3v) is 4.89. The molecule has 18 heavy (non-hydrogen) atoms. The summed E-state index contributed by atoms with van der Waals surface area (Å²) in [6.07, 6.45) is 0. The Bertz CT molecular complexity index is 702. The lowest BCUT2D eigenvalue weighted by Crippen LogP contribution is -2.10. The average molecular weight is 281 g/mol. The second-order valence-electron chi connectivity index (χ2n) is 3.84. The molecule has 0 spiro atoms. The predicted molar refractivity (Wildman–Crippen MR) is 70.3 cm³/mol. The number of hydrogen-bond donors (Lipinski definition) is 1. The Labute approximate surface area is 109 Å². The van der Waals surface area contributed by atoms with E-state index in [4.69, 9.17) is 5.14 Å². The van der Waals surface area contributed by atoms with Crippen LogP contribution in [0.5, 0.6) is 0 Å². The highest BCUT2D eigenvalue weighted by Crippen LogP contribution is 2.22. The van der Waals surface area contributed by atoms with Crippen molar-refractivity contribution >= 4 is 27.1 Å². The van der Waals surface area contributed by atoms with Crippen molar-refractivity contribution < 1.29 is 13.2 Å². The van der Waals surface area contributed by atoms with Gasteiger partial charge < -0.3 is 0 Å². The van der Waals surface area contributed by atoms with Crippen LogP contribution in [0.1, 0.15) is 21.5 Å². The normalized spacial score (nSPS) is 11.4. The summed E-state index contributed by atoms with van der Waals surface area (Å²) in [5, 5.41) is 6.52. The van der Waals surface area contributed by atoms with Gasteiger partial charge in [-0.1, -0.05) is 24.3 Å². The number of rotatable bonds is 3. The van der Waals surface area contributed by atoms with Crippen molar-refractivity contribution in [3.05, 3.63) is 52.4 Å². The number of ketones is 1. The van der Waals surface area contributed by atoms with Crippen molar-refractivity contribution in [3.8, 4) is 0 Å². The number of primary sulfonamides is 1. The lowest BCUT2D eigenvalue weighted by molar-refractivity contribution is 0.103. The van der Waals surface area contributed by atoms with Crippen LogP contribution >= 0.6 is 11.3 Å². The maximum atomic E-state index is 12.2. The molecule has 6 heteroatoms. The molecule has 0 aliphatic rings. The predicted octanol–water partition coefficient (Wildman–Crippen LogP) is 1.93. The van der Waals surface area contributed by atoms with Crippen LogP contribution < -0.4 is 5.14 Å². The molecule has 94 valence electrons. The third-order valence-electron chi connectivity index (χ3n) is 2.51. The van der Waals surface area contributed by atoms with Gasteiger partial charge >= 0.3 is 0 Å². The van der Waals surface area contributed by atoms with Crippen LogP contribution in [0.2, 0.25) is 0 Å². The molecule has 0 aliphatic heterocycles. The molecule has 0 fully saturated rings. The molecule has 0 saturated heterocycles. The fraction of sp³-hybridized carbons (Fsp3) is 0.0833. The van der Waals surface area contributed by atoms with Gasteiger partial charge in [-0.2, -0.15) is 0 Å². The van der Waals surface area contributed by atoms with Gasteiger partial charge in [-0.3, -0.25) is 4.79 Å². The molecule has 0 aliphatic carbocycles. The number of hydrogen-bond acceptors (Lipinski definition) is 4. The van der Waals surface area contributed by atoms with Crippen LogP contribution in [0, 0.1) is 6.92 Å². The minimum absolute atomic E-state index is 0.000524. The molecule has 0 amide bonds. The van der Waals surface area contributed by atoms with Gasteiger partial charge in [-0.15, -0.1) is 11.3 Å². The fourth-order valence-electron chi connectivity index (χ4n) is 1.57. The Morgan fingerprint density at radius 3 is 2.50 bits per heavy atom. The number of nitrogens with two attached hydrogens (primary N) is 1. The fourth-order valence-corrected chi connectivity index (χ4v) is 3.15. The van der Waals surface area contributed by atoms with Gasteiger partial charge in [-0.05, 0) is 18.6 Å². The van der Waals surface area contributed by atoms with E-state index in [-0.39, 0.29) is 9.99 Å². The van der Waals surface area contributed by atoms with Crippen molar-refractivity contribution in [2.24, 2.45) is 5.14 Å². The highest BCUT2D eigenvalue weighted by atomic mass is 32.2. The van der Waals surface area contributed by atoms with E-state index in [1.165, 1.54) is 11.4 Å². The Morgan fingerprint density at radius 1 is 1.28 bits per heavy atom. The molecule has 1 heterocycles. The van der Waals surface area contributed by atoms with E-state index in [1.54, 1.807) is 12.1 Å². The molecular formula is C12H11NO3S2. The van der Waals surface area contributed by atoms with Crippen LogP contribution in [0.25, 0.3) is 0 Å². The summed E-state index contributed by atoms with van der Waals surface area (Å²) in [4.78, 5) is 12.2. The van der Waals surface area contributed by atoms with E-state index < -0.39 is 10.0 Å². The monoisotopic (exact) mass is 281 g/mol. The molecule has 2 N–H and O–H groups in total. The Morgan fingerprint density at radius 2 is 1.94 bits per heavy atom. The number of benzene rings is 1. The molecular weight excluding hydrogens is 270 g/mol. The van der Waals surface area contributed by atoms with Crippen molar-refractivity contribution in [2.45, 2.75) is 11.1 Å². The second kappa shape index (κ2) is 4.64. The van der Waals surface area contributed by atoms with Gasteiger partial charge in [-0.25, -0.2) is 13.6 Å². The van der Waals surface area contributed by atoms with Crippen LogP contribution in [0.15, 0.2) is 39.9 Å². The summed E-state index contributed by atoms with van der Waals surface area (Å²) >= 11 is 0.952. The maximum absolute atomic E-state index is 12.2. The quantitative estimate of drug-likeness (QED) is 0.873. The topological polar surface area (TPSA) is 77.2 Å². The van der Waals surface area contributed by atoms with E-state index in [9.17, 15) is 13.2 Å². The van der Waals surface area contributed by atoms with Crippen LogP contribution in [0.4, 0.5) is 0 Å². The van der Waals surface area contributed by atoms with Crippen LogP contribution in [-0.4, -0.2) is 14.2 Å². The second-order valence-corrected chi connectivity index (χ2v) is 6.54. The Balaban J connectivity index is 2.42. The summed E-state index contributed by atoms with van der Waals surface area (Å²) in [5.41, 5.74) is 1.76. The number of sulfonamides is 1. The summed E-state index contributed by atoms with van der Waals surface area (Å²) in [6, 6.07) is 8.48. The van der Waals surface area contributed by atoms with Gasteiger partial charge in [0.15, 0.2) is 5.78 Å². The molecule has 0 saturated carbocycles. The van der Waals surface area contributed by atoms with Crippen molar-refractivity contribution in [1.82, 2.24) is 0 Å². The standard InChI is InChI=1S/C12H11NO3S2/c1-8-4-2-3-5-10(8)12(14)9-6-11(17-7-9)18(13,15)16/h2-7H,1H3,(H2,13,15,16). The zero-order valence-corrected chi connectivity index (χ0v) is 11.2. The van der Waals surface area contributed by atoms with E-state index in [1.807, 2.05) is 19.1 Å². The molecule has 0 radical (unpaired) electrons. The van der Waals surface area contributed by atoms with Gasteiger partial charge in [0.25, 0.3) is 0 Å². The van der Waals surface area contributed by atoms with Crippen LogP contribution in [-0.2, 0) is 10.0 Å². The van der Waals surface area contributed by atoms with Crippen molar-refractivity contribution in [1.29, 1.82) is 0 Å². The van der Waals surface area contributed by atoms with Gasteiger partial charge in [0.2, 0.25) is 10.0 Å². The van der Waals surface area contributed by atoms with Gasteiger partial charge in [0.1, 0.15) is 4.21 Å². The zero-order chi connectivity index (χ0) is 13.3. The Kier molecular flexibility index (Phi) is 3.34. The summed E-state index contributed by atoms with van der Waals surface area (Å²) in [7, 11) is -3.74. The first-order valence-corrected chi connectivity index (χ1v) is 7.54. The highest BCUT2D eigenvalue weighted by Gasteiger charge is 2.17. The van der Waals surface area contributed by atoms with Gasteiger partial charge in [0.05, 0.1) is 0 Å². The average Bonchev–Trinajstić information content (AvgIpc) is 2.77. The minimum Gasteiger partial charge on any atom is -0.289 e. The molecule has 0 atom stereocenters. The zero-order valence-electron chi connectivity index (χ0n) is 9.58. The number of carbonyl (C=O) groups excluding carboxylic acids is 1. The largest absolute Gasteiger partial charge is 0.289 e. The first-order valence-electron chi connectivity index (χ1n) is 5.11. The van der Waals surface area contributed by atoms with E-state index in [0.717, 1.165) is 16.9 Å². The minimum atomic E-state index is -3.74. The number of carbonyl (C=O) groups is 1. The van der Waals surface area contributed by atoms with Crippen molar-refractivity contribution in [2.75, 3.05) is 0 Å². The molecule has 1 aromatic carbocycles. The third kappa shape index (κ3) is 2.50. The summed E-state index contributed by atoms with van der Waals surface area (Å²) in [6.45, 7) is 1.83. The van der Waals surface area contributed by atoms with E-state index in [2.05, 4.69) is 0 Å². The van der Waals surface area contributed by atoms with Crippen molar-refractivity contribution in [3.63, 3.8) is 0 Å². The first kappa shape index (κ1) is 12.9. The molecule has 1 aromatic heterocycles.